The Labute approximate surface area is 247 Å². The van der Waals surface area contributed by atoms with E-state index < -0.39 is 40.4 Å². The molecule has 0 radical (unpaired) electrons. The van der Waals surface area contributed by atoms with Gasteiger partial charge in [-0.3, -0.25) is 14.9 Å². The summed E-state index contributed by atoms with van der Waals surface area (Å²) >= 11 is 0. The molecule has 0 bridgehead atoms. The zero-order valence-corrected chi connectivity index (χ0v) is 23.2. The number of aliphatic hydroxyl groups is 1. The number of nitro benzene ring substituents is 1. The second-order valence-corrected chi connectivity index (χ2v) is 11.1. The predicted octanol–water partition coefficient (Wildman–Crippen LogP) is 4.60. The number of halogens is 1. The van der Waals surface area contributed by atoms with Gasteiger partial charge in [0.1, 0.15) is 11.9 Å². The van der Waals surface area contributed by atoms with Crippen LogP contribution >= 0.6 is 0 Å². The van der Waals surface area contributed by atoms with Gasteiger partial charge < -0.3 is 26.4 Å². The minimum absolute atomic E-state index is 0.0655. The number of benzene rings is 3. The molecule has 43 heavy (non-hydrogen) atoms. The van der Waals surface area contributed by atoms with Crippen molar-refractivity contribution >= 4 is 29.0 Å². The van der Waals surface area contributed by atoms with Crippen molar-refractivity contribution in [2.75, 3.05) is 17.2 Å². The SMILES string of the molecule is N#Cc1cccc(C(N)(CCC2CC2)c2ccc(F)c(NC(=O)C3CC(O)CN3C(=O)Nc3ccc([N+](=O)[O-])cc3)c2)c1. The van der Waals surface area contributed by atoms with Crippen LogP contribution < -0.4 is 16.4 Å². The molecule has 11 nitrogen and oxygen atoms in total. The summed E-state index contributed by atoms with van der Waals surface area (Å²) in [6.45, 7) is -0.137. The quantitative estimate of drug-likeness (QED) is 0.209. The number of rotatable bonds is 9. The normalized spacial score (nSPS) is 19.3. The molecule has 12 heteroatoms. The van der Waals surface area contributed by atoms with Gasteiger partial charge in [0, 0.05) is 30.8 Å². The Morgan fingerprint density at radius 3 is 2.51 bits per heavy atom. The molecule has 1 aliphatic carbocycles. The van der Waals surface area contributed by atoms with Crippen LogP contribution in [0.5, 0.6) is 0 Å². The highest BCUT2D eigenvalue weighted by atomic mass is 19.1. The molecule has 0 spiro atoms. The number of nitrogens with one attached hydrogen (secondary N) is 2. The number of β-amino-alcohol motifs (C(OH)–C–C–N with tert-alkyl or cyclic N) is 1. The van der Waals surface area contributed by atoms with Crippen molar-refractivity contribution in [2.24, 2.45) is 11.7 Å². The number of nitrogens with zero attached hydrogens (tertiary/aromatic N) is 3. The first-order valence-electron chi connectivity index (χ1n) is 14.0. The van der Waals surface area contributed by atoms with Crippen molar-refractivity contribution < 1.29 is 24.0 Å². The molecule has 0 aromatic heterocycles. The van der Waals surface area contributed by atoms with E-state index in [4.69, 9.17) is 5.73 Å². The smallest absolute Gasteiger partial charge is 0.322 e. The van der Waals surface area contributed by atoms with Gasteiger partial charge in [0.05, 0.1) is 33.9 Å². The lowest BCUT2D eigenvalue weighted by Crippen LogP contribution is -2.45. The lowest BCUT2D eigenvalue weighted by Gasteiger charge is -2.32. The molecule has 2 aliphatic rings. The topological polar surface area (TPSA) is 175 Å². The van der Waals surface area contributed by atoms with Gasteiger partial charge in [0.25, 0.3) is 5.69 Å². The van der Waals surface area contributed by atoms with E-state index in [1.165, 1.54) is 36.4 Å². The number of aliphatic hydroxyl groups excluding tert-OH is 1. The molecule has 3 aromatic carbocycles. The maximum absolute atomic E-state index is 15.1. The van der Waals surface area contributed by atoms with Gasteiger partial charge in [0.2, 0.25) is 5.91 Å². The van der Waals surface area contributed by atoms with Crippen LogP contribution in [0.25, 0.3) is 0 Å². The fourth-order valence-electron chi connectivity index (χ4n) is 5.42. The summed E-state index contributed by atoms with van der Waals surface area (Å²) in [7, 11) is 0. The van der Waals surface area contributed by atoms with Gasteiger partial charge in [-0.15, -0.1) is 0 Å². The van der Waals surface area contributed by atoms with E-state index in [1.54, 1.807) is 24.3 Å². The average Bonchev–Trinajstić information content (AvgIpc) is 3.75. The van der Waals surface area contributed by atoms with Crippen LogP contribution in [0.2, 0.25) is 0 Å². The highest BCUT2D eigenvalue weighted by molar-refractivity contribution is 6.00. The van der Waals surface area contributed by atoms with Crippen molar-refractivity contribution in [3.05, 3.63) is 99.4 Å². The number of carbonyl (C=O) groups excluding carboxylic acids is 2. The number of anilines is 2. The molecule has 3 aromatic rings. The number of nitriles is 1. The Kier molecular flexibility index (Phi) is 8.38. The first-order valence-corrected chi connectivity index (χ1v) is 14.0. The number of carbonyl (C=O) groups is 2. The molecule has 1 saturated heterocycles. The van der Waals surface area contributed by atoms with Crippen LogP contribution in [0.1, 0.15) is 48.8 Å². The Balaban J connectivity index is 1.36. The van der Waals surface area contributed by atoms with E-state index in [-0.39, 0.29) is 30.0 Å². The van der Waals surface area contributed by atoms with Gasteiger partial charge in [-0.1, -0.05) is 31.0 Å². The first-order chi connectivity index (χ1) is 20.6. The van der Waals surface area contributed by atoms with Crippen LogP contribution in [0.15, 0.2) is 66.7 Å². The zero-order valence-electron chi connectivity index (χ0n) is 23.2. The maximum Gasteiger partial charge on any atom is 0.322 e. The number of amides is 3. The molecule has 3 atom stereocenters. The molecule has 3 amide bonds. The summed E-state index contributed by atoms with van der Waals surface area (Å²) in [4.78, 5) is 37.9. The number of nitrogens with two attached hydrogens (primary N) is 1. The molecule has 2 fully saturated rings. The van der Waals surface area contributed by atoms with E-state index in [9.17, 15) is 30.1 Å². The number of nitro groups is 1. The molecule has 1 saturated carbocycles. The highest BCUT2D eigenvalue weighted by Crippen LogP contribution is 2.40. The third kappa shape index (κ3) is 6.63. The fourth-order valence-corrected chi connectivity index (χ4v) is 5.42. The van der Waals surface area contributed by atoms with Gasteiger partial charge in [-0.05, 0) is 66.3 Å². The molecule has 5 rings (SSSR count). The van der Waals surface area contributed by atoms with E-state index in [0.29, 0.717) is 29.0 Å². The number of likely N-dealkylation sites (tertiary alicyclic amines) is 1. The molecule has 1 heterocycles. The van der Waals surface area contributed by atoms with E-state index >= 15 is 4.39 Å². The third-order valence-corrected chi connectivity index (χ3v) is 8.06. The van der Waals surface area contributed by atoms with Gasteiger partial charge in [-0.2, -0.15) is 5.26 Å². The number of urea groups is 1. The van der Waals surface area contributed by atoms with Crippen molar-refractivity contribution in [3.8, 4) is 6.07 Å². The Morgan fingerprint density at radius 2 is 1.84 bits per heavy atom. The standard InChI is InChI=1S/C31H31FN6O5/c32-26-11-6-22(31(34,13-12-19-4-5-19)21-3-1-2-20(14-21)17-33)15-27(26)36-29(40)28-16-25(39)18-37(28)30(41)35-23-7-9-24(10-8-23)38(42)43/h1-3,6-11,14-15,19,25,28,39H,4-5,12-13,16,18,34H2,(H,35,41)(H,36,40). The van der Waals surface area contributed by atoms with Crippen LogP contribution in [-0.2, 0) is 10.3 Å². The second kappa shape index (κ2) is 12.2. The highest BCUT2D eigenvalue weighted by Gasteiger charge is 2.40. The number of hydrogen-bond donors (Lipinski definition) is 4. The minimum Gasteiger partial charge on any atom is -0.391 e. The molecule has 1 aliphatic heterocycles. The molecular weight excluding hydrogens is 555 g/mol. The van der Waals surface area contributed by atoms with E-state index in [1.807, 2.05) is 6.07 Å². The lowest BCUT2D eigenvalue weighted by atomic mass is 9.79. The Bertz CT molecular complexity index is 1590. The van der Waals surface area contributed by atoms with E-state index in [0.717, 1.165) is 24.2 Å². The minimum atomic E-state index is -1.11. The molecule has 5 N–H and O–H groups in total. The largest absolute Gasteiger partial charge is 0.391 e. The molecular formula is C31H31FN6O5. The predicted molar refractivity (Wildman–Crippen MR) is 156 cm³/mol. The van der Waals surface area contributed by atoms with Gasteiger partial charge in [-0.25, -0.2) is 9.18 Å². The summed E-state index contributed by atoms with van der Waals surface area (Å²) in [6, 6.07) is 16.7. The first kappa shape index (κ1) is 29.6. The van der Waals surface area contributed by atoms with Gasteiger partial charge in [0.15, 0.2) is 0 Å². The third-order valence-electron chi connectivity index (χ3n) is 8.06. The molecule has 222 valence electrons. The summed E-state index contributed by atoms with van der Waals surface area (Å²) in [5.74, 6) is -0.829. The summed E-state index contributed by atoms with van der Waals surface area (Å²) in [5.41, 5.74) is 7.65. The summed E-state index contributed by atoms with van der Waals surface area (Å²) < 4.78 is 15.1. The van der Waals surface area contributed by atoms with Gasteiger partial charge >= 0.3 is 6.03 Å². The zero-order chi connectivity index (χ0) is 30.7. The summed E-state index contributed by atoms with van der Waals surface area (Å²) in [5, 5.41) is 35.8. The average molecular weight is 587 g/mol. The van der Waals surface area contributed by atoms with Crippen LogP contribution in [-0.4, -0.2) is 45.6 Å². The van der Waals surface area contributed by atoms with Crippen LogP contribution in [0, 0.1) is 33.2 Å². The van der Waals surface area contributed by atoms with Crippen molar-refractivity contribution in [2.45, 2.75) is 49.8 Å². The Hall–Kier alpha value is -4.86. The number of non-ortho nitro benzene ring substituents is 1. The monoisotopic (exact) mass is 586 g/mol. The van der Waals surface area contributed by atoms with Crippen LogP contribution in [0.4, 0.5) is 26.2 Å². The van der Waals surface area contributed by atoms with Crippen molar-refractivity contribution in [3.63, 3.8) is 0 Å². The summed E-state index contributed by atoms with van der Waals surface area (Å²) in [6.07, 6.45) is 2.61. The fraction of sp³-hybridized carbons (Fsp3) is 0.323. The van der Waals surface area contributed by atoms with Crippen LogP contribution in [0.3, 0.4) is 0 Å². The maximum atomic E-state index is 15.1. The second-order valence-electron chi connectivity index (χ2n) is 11.1. The van der Waals surface area contributed by atoms with Crippen molar-refractivity contribution in [1.82, 2.24) is 4.90 Å². The molecule has 3 unspecified atom stereocenters. The van der Waals surface area contributed by atoms with Crippen molar-refractivity contribution in [1.29, 1.82) is 5.26 Å². The Morgan fingerprint density at radius 1 is 1.12 bits per heavy atom. The van der Waals surface area contributed by atoms with E-state index in [2.05, 4.69) is 16.7 Å². The lowest BCUT2D eigenvalue weighted by molar-refractivity contribution is -0.384. The number of hydrogen-bond acceptors (Lipinski definition) is 7.